The fourth-order valence-corrected chi connectivity index (χ4v) is 1.33. The number of carbonyl (C=O) groups is 1. The second kappa shape index (κ2) is 5.33. The second-order valence-corrected chi connectivity index (χ2v) is 5.45. The van der Waals surface area contributed by atoms with Gasteiger partial charge in [0.1, 0.15) is 11.6 Å². The third-order valence-corrected chi connectivity index (χ3v) is 2.68. The zero-order valence-corrected chi connectivity index (χ0v) is 11.6. The van der Waals surface area contributed by atoms with Crippen LogP contribution in [0.3, 0.4) is 0 Å². The molecule has 0 aliphatic heterocycles. The largest absolute Gasteiger partial charge is 0.481 e. The highest BCUT2D eigenvalue weighted by Crippen LogP contribution is 2.18. The highest BCUT2D eigenvalue weighted by Gasteiger charge is 2.26. The maximum Gasteiger partial charge on any atom is 0.310 e. The number of aromatic nitrogens is 2. The van der Waals surface area contributed by atoms with Gasteiger partial charge >= 0.3 is 5.97 Å². The zero-order valence-electron chi connectivity index (χ0n) is 11.6. The van der Waals surface area contributed by atoms with Crippen molar-refractivity contribution in [2.75, 3.05) is 11.9 Å². The van der Waals surface area contributed by atoms with Gasteiger partial charge in [-0.05, 0) is 20.8 Å². The van der Waals surface area contributed by atoms with Gasteiger partial charge in [-0.25, -0.2) is 9.97 Å². The monoisotopic (exact) mass is 251 g/mol. The van der Waals surface area contributed by atoms with E-state index in [-0.39, 0.29) is 5.92 Å². The minimum absolute atomic E-state index is 0.248. The number of anilines is 1. The van der Waals surface area contributed by atoms with E-state index < -0.39 is 11.4 Å². The highest BCUT2D eigenvalue weighted by atomic mass is 16.4. The third kappa shape index (κ3) is 3.68. The summed E-state index contributed by atoms with van der Waals surface area (Å²) in [5, 5.41) is 12.1. The molecule has 100 valence electrons. The van der Waals surface area contributed by atoms with E-state index in [2.05, 4.69) is 15.3 Å². The Morgan fingerprint density at radius 2 is 2.06 bits per heavy atom. The molecule has 0 amide bonds. The lowest BCUT2D eigenvalue weighted by atomic mass is 9.94. The fraction of sp³-hybridized carbons (Fsp3) is 0.615. The van der Waals surface area contributed by atoms with Gasteiger partial charge in [-0.3, -0.25) is 4.79 Å². The molecular formula is C13H21N3O2. The SMILES string of the molecule is Cc1cc(NCC(C)(C)C(=O)O)nc(C(C)C)n1. The zero-order chi connectivity index (χ0) is 13.9. The molecule has 1 rings (SSSR count). The van der Waals surface area contributed by atoms with Gasteiger partial charge < -0.3 is 10.4 Å². The number of rotatable bonds is 5. The number of aliphatic carboxylic acids is 1. The molecule has 18 heavy (non-hydrogen) atoms. The van der Waals surface area contributed by atoms with Crippen molar-refractivity contribution < 1.29 is 9.90 Å². The van der Waals surface area contributed by atoms with Gasteiger partial charge in [0.15, 0.2) is 0 Å². The molecule has 0 radical (unpaired) electrons. The fourth-order valence-electron chi connectivity index (χ4n) is 1.33. The lowest BCUT2D eigenvalue weighted by Crippen LogP contribution is -2.32. The highest BCUT2D eigenvalue weighted by molar-refractivity contribution is 5.74. The minimum atomic E-state index is -0.829. The predicted molar refractivity (Wildman–Crippen MR) is 70.8 cm³/mol. The molecule has 0 saturated carbocycles. The Kier molecular flexibility index (Phi) is 4.27. The average molecular weight is 251 g/mol. The van der Waals surface area contributed by atoms with Crippen LogP contribution in [0.1, 0.15) is 45.1 Å². The molecule has 0 aliphatic rings. The van der Waals surface area contributed by atoms with Gasteiger partial charge in [0, 0.05) is 24.2 Å². The third-order valence-electron chi connectivity index (χ3n) is 2.68. The predicted octanol–water partition coefficient (Wildman–Crippen LogP) is 2.43. The molecule has 0 saturated heterocycles. The van der Waals surface area contributed by atoms with Crippen molar-refractivity contribution in [1.29, 1.82) is 0 Å². The van der Waals surface area contributed by atoms with Gasteiger partial charge in [-0.2, -0.15) is 0 Å². The number of carboxylic acid groups (broad SMARTS) is 1. The first kappa shape index (κ1) is 14.4. The number of carboxylic acids is 1. The van der Waals surface area contributed by atoms with Crippen molar-refractivity contribution in [2.45, 2.75) is 40.5 Å². The molecule has 0 atom stereocenters. The van der Waals surface area contributed by atoms with Crippen LogP contribution in [0.15, 0.2) is 6.07 Å². The normalized spacial score (nSPS) is 11.7. The first-order valence-electron chi connectivity index (χ1n) is 6.05. The molecule has 2 N–H and O–H groups in total. The van der Waals surface area contributed by atoms with Crippen LogP contribution < -0.4 is 5.32 Å². The second-order valence-electron chi connectivity index (χ2n) is 5.45. The summed E-state index contributed by atoms with van der Waals surface area (Å²) >= 11 is 0. The quantitative estimate of drug-likeness (QED) is 0.840. The first-order chi connectivity index (χ1) is 8.22. The summed E-state index contributed by atoms with van der Waals surface area (Å²) in [5.74, 6) is 0.869. The molecule has 1 aromatic heterocycles. The molecule has 1 aromatic rings. The van der Waals surface area contributed by atoms with E-state index in [0.717, 1.165) is 11.5 Å². The van der Waals surface area contributed by atoms with Crippen LogP contribution >= 0.6 is 0 Å². The molecule has 5 nitrogen and oxygen atoms in total. The van der Waals surface area contributed by atoms with Crippen molar-refractivity contribution in [1.82, 2.24) is 9.97 Å². The summed E-state index contributed by atoms with van der Waals surface area (Å²) in [7, 11) is 0. The maximum absolute atomic E-state index is 11.0. The standard InChI is InChI=1S/C13H21N3O2/c1-8(2)11-15-9(3)6-10(16-11)14-7-13(4,5)12(17)18/h6,8H,7H2,1-5H3,(H,17,18)(H,14,15,16). The van der Waals surface area contributed by atoms with Crippen LogP contribution in [0, 0.1) is 12.3 Å². The Hall–Kier alpha value is -1.65. The topological polar surface area (TPSA) is 75.1 Å². The number of nitrogens with one attached hydrogen (secondary N) is 1. The van der Waals surface area contributed by atoms with E-state index in [9.17, 15) is 4.79 Å². The van der Waals surface area contributed by atoms with Crippen LogP contribution in [0.2, 0.25) is 0 Å². The Bertz CT molecular complexity index is 442. The van der Waals surface area contributed by atoms with E-state index in [1.165, 1.54) is 0 Å². The summed E-state index contributed by atoms with van der Waals surface area (Å²) in [4.78, 5) is 19.7. The van der Waals surface area contributed by atoms with E-state index in [0.29, 0.717) is 12.4 Å². The maximum atomic E-state index is 11.0. The lowest BCUT2D eigenvalue weighted by Gasteiger charge is -2.20. The lowest BCUT2D eigenvalue weighted by molar-refractivity contribution is -0.146. The number of hydrogen-bond acceptors (Lipinski definition) is 4. The smallest absolute Gasteiger partial charge is 0.310 e. The Labute approximate surface area is 108 Å². The molecule has 0 fully saturated rings. The van der Waals surface area contributed by atoms with Crippen molar-refractivity contribution in [3.05, 3.63) is 17.6 Å². The van der Waals surface area contributed by atoms with E-state index in [1.54, 1.807) is 13.8 Å². The minimum Gasteiger partial charge on any atom is -0.481 e. The Morgan fingerprint density at radius 1 is 1.44 bits per heavy atom. The average Bonchev–Trinajstić information content (AvgIpc) is 2.25. The van der Waals surface area contributed by atoms with Crippen molar-refractivity contribution in [2.24, 2.45) is 5.41 Å². The van der Waals surface area contributed by atoms with Crippen LogP contribution in [-0.2, 0) is 4.79 Å². The summed E-state index contributed by atoms with van der Waals surface area (Å²) in [6.45, 7) is 9.65. The molecular weight excluding hydrogens is 230 g/mol. The van der Waals surface area contributed by atoms with E-state index >= 15 is 0 Å². The molecule has 0 bridgehead atoms. The number of aryl methyl sites for hydroxylation is 1. The van der Waals surface area contributed by atoms with Crippen molar-refractivity contribution in [3.8, 4) is 0 Å². The van der Waals surface area contributed by atoms with Crippen LogP contribution in [-0.4, -0.2) is 27.6 Å². The van der Waals surface area contributed by atoms with Crippen molar-refractivity contribution >= 4 is 11.8 Å². The van der Waals surface area contributed by atoms with E-state index in [4.69, 9.17) is 5.11 Å². The van der Waals surface area contributed by atoms with Gasteiger partial charge in [-0.1, -0.05) is 13.8 Å². The number of hydrogen-bond donors (Lipinski definition) is 2. The van der Waals surface area contributed by atoms with Crippen LogP contribution in [0.5, 0.6) is 0 Å². The summed E-state index contributed by atoms with van der Waals surface area (Å²) in [5.41, 5.74) is 0.0564. The molecule has 1 heterocycles. The first-order valence-corrected chi connectivity index (χ1v) is 6.05. The molecule has 5 heteroatoms. The van der Waals surface area contributed by atoms with Gasteiger partial charge in [0.25, 0.3) is 0 Å². The molecule has 0 unspecified atom stereocenters. The van der Waals surface area contributed by atoms with E-state index in [1.807, 2.05) is 26.8 Å². The molecule has 0 spiro atoms. The van der Waals surface area contributed by atoms with Gasteiger partial charge in [0.2, 0.25) is 0 Å². The summed E-state index contributed by atoms with van der Waals surface area (Å²) < 4.78 is 0. The summed E-state index contributed by atoms with van der Waals surface area (Å²) in [6.07, 6.45) is 0. The summed E-state index contributed by atoms with van der Waals surface area (Å²) in [6, 6.07) is 1.82. The van der Waals surface area contributed by atoms with Crippen molar-refractivity contribution in [3.63, 3.8) is 0 Å². The van der Waals surface area contributed by atoms with Gasteiger partial charge in [0.05, 0.1) is 5.41 Å². The number of nitrogens with zero attached hydrogens (tertiary/aromatic N) is 2. The van der Waals surface area contributed by atoms with Crippen LogP contribution in [0.25, 0.3) is 0 Å². The molecule has 0 aromatic carbocycles. The molecule has 0 aliphatic carbocycles. The van der Waals surface area contributed by atoms with Crippen LogP contribution in [0.4, 0.5) is 5.82 Å². The van der Waals surface area contributed by atoms with Gasteiger partial charge in [-0.15, -0.1) is 0 Å². The Morgan fingerprint density at radius 3 is 2.56 bits per heavy atom. The Balaban J connectivity index is 2.82.